The molecule has 0 saturated heterocycles. The molecule has 0 spiro atoms. The second kappa shape index (κ2) is 10.1. The molecular formula is C23H30N2O3. The van der Waals surface area contributed by atoms with Crippen LogP contribution in [0, 0.1) is 6.92 Å². The van der Waals surface area contributed by atoms with Crippen molar-refractivity contribution in [2.75, 3.05) is 18.5 Å². The maximum atomic E-state index is 12.2. The van der Waals surface area contributed by atoms with Crippen molar-refractivity contribution in [3.8, 4) is 11.5 Å². The standard InChI is InChI=1S/C23H30N2O3/c1-3-27-22-14-18(15-24-19-6-4-5-7-19)10-13-21(22)28-16-23(26)25-20-11-8-17(2)9-12-20/h8-14,19,24H,3-7,15-16H2,1-2H3,(H,25,26). The number of hydrogen-bond acceptors (Lipinski definition) is 4. The first kappa shape index (κ1) is 20.2. The van der Waals surface area contributed by atoms with Gasteiger partial charge in [0.2, 0.25) is 0 Å². The van der Waals surface area contributed by atoms with Gasteiger partial charge in [0.1, 0.15) is 0 Å². The summed E-state index contributed by atoms with van der Waals surface area (Å²) in [6.45, 7) is 5.26. The van der Waals surface area contributed by atoms with Gasteiger partial charge in [-0.3, -0.25) is 4.79 Å². The van der Waals surface area contributed by atoms with Crippen molar-refractivity contribution in [1.29, 1.82) is 0 Å². The second-order valence-electron chi connectivity index (χ2n) is 7.28. The zero-order valence-corrected chi connectivity index (χ0v) is 16.8. The summed E-state index contributed by atoms with van der Waals surface area (Å²) in [5, 5.41) is 6.45. The van der Waals surface area contributed by atoms with Crippen LogP contribution in [-0.2, 0) is 11.3 Å². The van der Waals surface area contributed by atoms with Gasteiger partial charge >= 0.3 is 0 Å². The van der Waals surface area contributed by atoms with Gasteiger partial charge in [-0.15, -0.1) is 0 Å². The van der Waals surface area contributed by atoms with E-state index in [4.69, 9.17) is 9.47 Å². The van der Waals surface area contributed by atoms with Crippen molar-refractivity contribution in [1.82, 2.24) is 5.32 Å². The van der Waals surface area contributed by atoms with E-state index in [-0.39, 0.29) is 12.5 Å². The van der Waals surface area contributed by atoms with E-state index in [0.717, 1.165) is 23.4 Å². The van der Waals surface area contributed by atoms with Crippen molar-refractivity contribution < 1.29 is 14.3 Å². The molecule has 0 atom stereocenters. The van der Waals surface area contributed by atoms with Gasteiger partial charge in [0.25, 0.3) is 5.91 Å². The largest absolute Gasteiger partial charge is 0.490 e. The third-order valence-electron chi connectivity index (χ3n) is 4.95. The average Bonchev–Trinajstić information content (AvgIpc) is 3.21. The van der Waals surface area contributed by atoms with Gasteiger partial charge in [0.05, 0.1) is 6.61 Å². The Balaban J connectivity index is 1.55. The van der Waals surface area contributed by atoms with Gasteiger partial charge in [-0.2, -0.15) is 0 Å². The molecule has 5 heteroatoms. The van der Waals surface area contributed by atoms with Gasteiger partial charge < -0.3 is 20.1 Å². The minimum atomic E-state index is -0.196. The number of anilines is 1. The monoisotopic (exact) mass is 382 g/mol. The lowest BCUT2D eigenvalue weighted by atomic mass is 10.1. The number of carbonyl (C=O) groups is 1. The van der Waals surface area contributed by atoms with Crippen LogP contribution < -0.4 is 20.1 Å². The number of amides is 1. The van der Waals surface area contributed by atoms with Crippen molar-refractivity contribution in [3.05, 3.63) is 53.6 Å². The molecule has 0 heterocycles. The van der Waals surface area contributed by atoms with Crippen LogP contribution in [-0.4, -0.2) is 25.2 Å². The zero-order chi connectivity index (χ0) is 19.8. The van der Waals surface area contributed by atoms with Crippen LogP contribution in [0.15, 0.2) is 42.5 Å². The number of benzene rings is 2. The van der Waals surface area contributed by atoms with Gasteiger partial charge in [0, 0.05) is 18.3 Å². The lowest BCUT2D eigenvalue weighted by Crippen LogP contribution is -2.25. The topological polar surface area (TPSA) is 59.6 Å². The molecule has 150 valence electrons. The molecule has 2 N–H and O–H groups in total. The first-order valence-electron chi connectivity index (χ1n) is 10.1. The first-order valence-corrected chi connectivity index (χ1v) is 10.1. The maximum absolute atomic E-state index is 12.2. The molecule has 0 unspecified atom stereocenters. The minimum absolute atomic E-state index is 0.0619. The molecule has 1 amide bonds. The lowest BCUT2D eigenvalue weighted by Gasteiger charge is -2.15. The molecular weight excluding hydrogens is 352 g/mol. The molecule has 1 aliphatic rings. The summed E-state index contributed by atoms with van der Waals surface area (Å²) in [6.07, 6.45) is 5.16. The zero-order valence-electron chi connectivity index (χ0n) is 16.8. The van der Waals surface area contributed by atoms with Crippen LogP contribution in [0.3, 0.4) is 0 Å². The fraction of sp³-hybridized carbons (Fsp3) is 0.435. The molecule has 0 radical (unpaired) electrons. The molecule has 0 aromatic heterocycles. The van der Waals surface area contributed by atoms with Crippen LogP contribution in [0.2, 0.25) is 0 Å². The Morgan fingerprint density at radius 3 is 2.50 bits per heavy atom. The molecule has 1 aliphatic carbocycles. The van der Waals surface area contributed by atoms with Crippen LogP contribution in [0.1, 0.15) is 43.7 Å². The highest BCUT2D eigenvalue weighted by Gasteiger charge is 2.15. The Kier molecular flexibility index (Phi) is 7.31. The molecule has 3 rings (SSSR count). The number of aryl methyl sites for hydroxylation is 1. The van der Waals surface area contributed by atoms with E-state index < -0.39 is 0 Å². The Morgan fingerprint density at radius 2 is 1.79 bits per heavy atom. The van der Waals surface area contributed by atoms with Gasteiger partial charge in [0.15, 0.2) is 18.1 Å². The average molecular weight is 383 g/mol. The summed E-state index contributed by atoms with van der Waals surface area (Å²) in [5.41, 5.74) is 3.07. The fourth-order valence-corrected chi connectivity index (χ4v) is 3.42. The van der Waals surface area contributed by atoms with Crippen LogP contribution in [0.25, 0.3) is 0 Å². The summed E-state index contributed by atoms with van der Waals surface area (Å²) >= 11 is 0. The van der Waals surface area contributed by atoms with Gasteiger partial charge in [-0.25, -0.2) is 0 Å². The summed E-state index contributed by atoms with van der Waals surface area (Å²) in [6, 6.07) is 14.2. The Morgan fingerprint density at radius 1 is 1.04 bits per heavy atom. The van der Waals surface area contributed by atoms with Crippen LogP contribution in [0.4, 0.5) is 5.69 Å². The highest BCUT2D eigenvalue weighted by Crippen LogP contribution is 2.29. The molecule has 0 bridgehead atoms. The second-order valence-corrected chi connectivity index (χ2v) is 7.28. The third-order valence-corrected chi connectivity index (χ3v) is 4.95. The highest BCUT2D eigenvalue weighted by molar-refractivity contribution is 5.91. The number of hydrogen-bond donors (Lipinski definition) is 2. The van der Waals surface area contributed by atoms with Gasteiger partial charge in [-0.05, 0) is 56.5 Å². The van der Waals surface area contributed by atoms with E-state index in [1.54, 1.807) is 0 Å². The Hall–Kier alpha value is -2.53. The van der Waals surface area contributed by atoms with E-state index in [0.29, 0.717) is 24.1 Å². The molecule has 5 nitrogen and oxygen atoms in total. The number of nitrogens with one attached hydrogen (secondary N) is 2. The smallest absolute Gasteiger partial charge is 0.262 e. The Bertz CT molecular complexity index is 768. The summed E-state index contributed by atoms with van der Waals surface area (Å²) in [7, 11) is 0. The third kappa shape index (κ3) is 5.99. The molecule has 0 aliphatic heterocycles. The van der Waals surface area contributed by atoms with E-state index in [9.17, 15) is 4.79 Å². The number of carbonyl (C=O) groups excluding carboxylic acids is 1. The van der Waals surface area contributed by atoms with Crippen LogP contribution in [0.5, 0.6) is 11.5 Å². The van der Waals surface area contributed by atoms with E-state index >= 15 is 0 Å². The summed E-state index contributed by atoms with van der Waals surface area (Å²) in [5.74, 6) is 1.07. The fourth-order valence-electron chi connectivity index (χ4n) is 3.42. The Labute approximate surface area is 167 Å². The minimum Gasteiger partial charge on any atom is -0.490 e. The van der Waals surface area contributed by atoms with Gasteiger partial charge in [-0.1, -0.05) is 36.6 Å². The summed E-state index contributed by atoms with van der Waals surface area (Å²) in [4.78, 5) is 12.2. The van der Waals surface area contributed by atoms with Crippen molar-refractivity contribution in [2.24, 2.45) is 0 Å². The first-order chi connectivity index (χ1) is 13.6. The highest BCUT2D eigenvalue weighted by atomic mass is 16.5. The molecule has 2 aromatic carbocycles. The number of ether oxygens (including phenoxy) is 2. The maximum Gasteiger partial charge on any atom is 0.262 e. The van der Waals surface area contributed by atoms with Crippen molar-refractivity contribution in [2.45, 2.75) is 52.1 Å². The van der Waals surface area contributed by atoms with E-state index in [2.05, 4.69) is 10.6 Å². The molecule has 2 aromatic rings. The number of rotatable bonds is 9. The van der Waals surface area contributed by atoms with Crippen molar-refractivity contribution >= 4 is 11.6 Å². The molecule has 28 heavy (non-hydrogen) atoms. The predicted molar refractivity (Wildman–Crippen MR) is 112 cm³/mol. The molecule has 1 saturated carbocycles. The SMILES string of the molecule is CCOc1cc(CNC2CCCC2)ccc1OCC(=O)Nc1ccc(C)cc1. The predicted octanol–water partition coefficient (Wildman–Crippen LogP) is 4.44. The normalized spacial score (nSPS) is 14.1. The summed E-state index contributed by atoms with van der Waals surface area (Å²) < 4.78 is 11.5. The quantitative estimate of drug-likeness (QED) is 0.673. The van der Waals surface area contributed by atoms with E-state index in [1.165, 1.54) is 25.7 Å². The van der Waals surface area contributed by atoms with Crippen LogP contribution >= 0.6 is 0 Å². The van der Waals surface area contributed by atoms with E-state index in [1.807, 2.05) is 56.3 Å². The molecule has 1 fully saturated rings. The lowest BCUT2D eigenvalue weighted by molar-refractivity contribution is -0.118. The van der Waals surface area contributed by atoms with Crippen molar-refractivity contribution in [3.63, 3.8) is 0 Å².